The Bertz CT molecular complexity index is 907. The van der Waals surface area contributed by atoms with E-state index in [-0.39, 0.29) is 0 Å². The molecule has 0 bridgehead atoms. The molecule has 33 heavy (non-hydrogen) atoms. The van der Waals surface area contributed by atoms with E-state index in [0.29, 0.717) is 16.9 Å². The van der Waals surface area contributed by atoms with Crippen molar-refractivity contribution >= 4 is 5.69 Å². The maximum atomic E-state index is 3.66. The Hall–Kier alpha value is -2.36. The molecule has 3 heteroatoms. The van der Waals surface area contributed by atoms with Gasteiger partial charge in [-0.1, -0.05) is 76.2 Å². The lowest BCUT2D eigenvalue weighted by Crippen LogP contribution is -2.21. The van der Waals surface area contributed by atoms with Gasteiger partial charge in [0.25, 0.3) is 0 Å². The van der Waals surface area contributed by atoms with E-state index < -0.39 is 0 Å². The van der Waals surface area contributed by atoms with Crippen LogP contribution in [0.25, 0.3) is 0 Å². The molecule has 4 rings (SSSR count). The summed E-state index contributed by atoms with van der Waals surface area (Å²) in [6.07, 6.45) is 6.10. The topological polar surface area (TPSA) is 27.3 Å². The fraction of sp³-hybridized carbons (Fsp3) is 0.467. The molecule has 0 saturated heterocycles. The van der Waals surface area contributed by atoms with Crippen molar-refractivity contribution in [1.29, 1.82) is 0 Å². The summed E-state index contributed by atoms with van der Waals surface area (Å²) in [7, 11) is 4.21. The van der Waals surface area contributed by atoms with Crippen LogP contribution in [-0.4, -0.2) is 25.0 Å². The lowest BCUT2D eigenvalue weighted by molar-refractivity contribution is 0.353. The molecule has 0 spiro atoms. The first-order chi connectivity index (χ1) is 15.6. The Balaban J connectivity index is 0.000000196. The summed E-state index contributed by atoms with van der Waals surface area (Å²) in [5, 5.41) is 6.49. The highest BCUT2D eigenvalue weighted by molar-refractivity contribution is 5.49. The fourth-order valence-corrected chi connectivity index (χ4v) is 4.31. The van der Waals surface area contributed by atoms with Crippen molar-refractivity contribution in [3.63, 3.8) is 0 Å². The molecule has 2 aromatic rings. The number of likely N-dealkylation sites (N-methyl/N-ethyl adjacent to an activating group) is 1. The third kappa shape index (κ3) is 7.58. The third-order valence-corrected chi connectivity index (χ3v) is 6.64. The predicted molar refractivity (Wildman–Crippen MR) is 146 cm³/mol. The van der Waals surface area contributed by atoms with Gasteiger partial charge in [-0.05, 0) is 74.3 Å². The van der Waals surface area contributed by atoms with E-state index in [9.17, 15) is 0 Å². The van der Waals surface area contributed by atoms with Gasteiger partial charge in [-0.25, -0.2) is 0 Å². The zero-order valence-electron chi connectivity index (χ0n) is 22.0. The summed E-state index contributed by atoms with van der Waals surface area (Å²) in [5.74, 6) is 0. The minimum absolute atomic E-state index is 0.306. The van der Waals surface area contributed by atoms with Crippen molar-refractivity contribution in [3.05, 3.63) is 90.2 Å². The van der Waals surface area contributed by atoms with Gasteiger partial charge in [0.2, 0.25) is 0 Å². The zero-order valence-corrected chi connectivity index (χ0v) is 22.0. The smallest absolute Gasteiger partial charge is 0.0379 e. The number of hydrogen-bond donors (Lipinski definition) is 2. The van der Waals surface area contributed by atoms with Gasteiger partial charge in [0.15, 0.2) is 0 Å². The maximum Gasteiger partial charge on any atom is 0.0379 e. The predicted octanol–water partition coefficient (Wildman–Crippen LogP) is 7.04. The SMILES string of the molecule is C=CC(C)(C)C.C=CNc1ccc(C2(CC)CC2NC)cc1.Cc1ccc2c(c1)CN(C)C2. The fourth-order valence-electron chi connectivity index (χ4n) is 4.31. The first-order valence-corrected chi connectivity index (χ1v) is 12.1. The number of allylic oxidation sites excluding steroid dienone is 1. The maximum absolute atomic E-state index is 3.66. The van der Waals surface area contributed by atoms with Crippen LogP contribution in [0.15, 0.2) is 67.9 Å². The van der Waals surface area contributed by atoms with Crippen molar-refractivity contribution in [2.75, 3.05) is 19.4 Å². The van der Waals surface area contributed by atoms with Crippen molar-refractivity contribution in [2.45, 2.75) is 72.0 Å². The molecule has 1 fully saturated rings. The van der Waals surface area contributed by atoms with Crippen LogP contribution >= 0.6 is 0 Å². The summed E-state index contributed by atoms with van der Waals surface area (Å²) >= 11 is 0. The van der Waals surface area contributed by atoms with Gasteiger partial charge < -0.3 is 10.6 Å². The molecule has 0 aromatic heterocycles. The van der Waals surface area contributed by atoms with Gasteiger partial charge in [0.05, 0.1) is 0 Å². The quantitative estimate of drug-likeness (QED) is 0.481. The number of benzene rings is 2. The molecule has 2 N–H and O–H groups in total. The Kier molecular flexibility index (Phi) is 9.51. The number of aryl methyl sites for hydroxylation is 1. The second-order valence-electron chi connectivity index (χ2n) is 10.5. The summed E-state index contributed by atoms with van der Waals surface area (Å²) in [5.41, 5.74) is 7.61. The van der Waals surface area contributed by atoms with Crippen LogP contribution in [0.1, 0.15) is 62.8 Å². The summed E-state index contributed by atoms with van der Waals surface area (Å²) < 4.78 is 0. The van der Waals surface area contributed by atoms with Crippen LogP contribution in [0.5, 0.6) is 0 Å². The normalized spacial score (nSPS) is 21.0. The van der Waals surface area contributed by atoms with Crippen LogP contribution in [0, 0.1) is 12.3 Å². The minimum Gasteiger partial charge on any atom is -0.362 e. The Morgan fingerprint density at radius 3 is 2.15 bits per heavy atom. The Morgan fingerprint density at radius 1 is 1.06 bits per heavy atom. The Morgan fingerprint density at radius 2 is 1.67 bits per heavy atom. The van der Waals surface area contributed by atoms with E-state index in [2.05, 4.69) is 120 Å². The van der Waals surface area contributed by atoms with E-state index in [0.717, 1.165) is 18.8 Å². The highest BCUT2D eigenvalue weighted by Gasteiger charge is 2.52. The molecule has 2 atom stereocenters. The van der Waals surface area contributed by atoms with Gasteiger partial charge >= 0.3 is 0 Å². The van der Waals surface area contributed by atoms with Crippen molar-refractivity contribution in [3.8, 4) is 0 Å². The van der Waals surface area contributed by atoms with E-state index in [1.165, 1.54) is 35.1 Å². The number of hydrogen-bond acceptors (Lipinski definition) is 3. The number of anilines is 1. The molecule has 180 valence electrons. The molecule has 3 nitrogen and oxygen atoms in total. The third-order valence-electron chi connectivity index (χ3n) is 6.64. The van der Waals surface area contributed by atoms with Crippen LogP contribution in [-0.2, 0) is 18.5 Å². The molecule has 2 aromatic carbocycles. The van der Waals surface area contributed by atoms with E-state index >= 15 is 0 Å². The minimum atomic E-state index is 0.306. The van der Waals surface area contributed by atoms with Crippen LogP contribution in [0.2, 0.25) is 0 Å². The largest absolute Gasteiger partial charge is 0.362 e. The summed E-state index contributed by atoms with van der Waals surface area (Å²) in [6, 6.07) is 16.1. The van der Waals surface area contributed by atoms with Gasteiger partial charge in [0, 0.05) is 30.2 Å². The first-order valence-electron chi connectivity index (χ1n) is 12.1. The van der Waals surface area contributed by atoms with E-state index in [1.54, 1.807) is 6.20 Å². The summed E-state index contributed by atoms with van der Waals surface area (Å²) in [6.45, 7) is 20.3. The van der Waals surface area contributed by atoms with Gasteiger partial charge in [-0.15, -0.1) is 6.58 Å². The van der Waals surface area contributed by atoms with Crippen molar-refractivity contribution in [1.82, 2.24) is 10.2 Å². The monoisotopic (exact) mass is 447 g/mol. The van der Waals surface area contributed by atoms with Gasteiger partial charge in [-0.3, -0.25) is 4.90 Å². The molecule has 1 aliphatic heterocycles. The number of fused-ring (bicyclic) bond motifs is 1. The standard InChI is InChI=1S/C14H20N2.C10H13N.C6H12/c1-4-14(10-13(14)15-3)11-6-8-12(9-7-11)16-5-2;1-8-3-4-9-6-11(2)7-10(9)5-8;1-5-6(2,3)4/h5-9,13,15-16H,2,4,10H2,1,3H3;3-5H,6-7H2,1-2H3;5H,1H2,2-4H3. The van der Waals surface area contributed by atoms with Crippen molar-refractivity contribution < 1.29 is 0 Å². The average molecular weight is 448 g/mol. The Labute approximate surface area is 203 Å². The molecule has 1 aliphatic carbocycles. The molecule has 1 saturated carbocycles. The average Bonchev–Trinajstić information content (AvgIpc) is 3.40. The van der Waals surface area contributed by atoms with E-state index in [1.807, 2.05) is 6.08 Å². The first kappa shape index (κ1) is 26.9. The molecule has 2 aliphatic rings. The number of nitrogens with one attached hydrogen (secondary N) is 2. The second-order valence-corrected chi connectivity index (χ2v) is 10.5. The molecular formula is C30H45N3. The lowest BCUT2D eigenvalue weighted by atomic mass is 9.92. The second kappa shape index (κ2) is 11.7. The molecule has 2 unspecified atom stereocenters. The zero-order chi connectivity index (χ0) is 24.6. The van der Waals surface area contributed by atoms with Crippen LogP contribution in [0.3, 0.4) is 0 Å². The lowest BCUT2D eigenvalue weighted by Gasteiger charge is -2.16. The van der Waals surface area contributed by atoms with Crippen LogP contribution in [0.4, 0.5) is 5.69 Å². The van der Waals surface area contributed by atoms with Crippen LogP contribution < -0.4 is 10.6 Å². The number of nitrogens with zero attached hydrogens (tertiary/aromatic N) is 1. The molecule has 0 radical (unpaired) electrons. The molecular weight excluding hydrogens is 402 g/mol. The van der Waals surface area contributed by atoms with Gasteiger partial charge in [-0.2, -0.15) is 0 Å². The highest BCUT2D eigenvalue weighted by atomic mass is 15.1. The van der Waals surface area contributed by atoms with E-state index in [4.69, 9.17) is 0 Å². The van der Waals surface area contributed by atoms with Gasteiger partial charge in [0.1, 0.15) is 0 Å². The highest BCUT2D eigenvalue weighted by Crippen LogP contribution is 2.51. The number of rotatable bonds is 5. The molecule has 0 amide bonds. The molecule has 1 heterocycles. The summed E-state index contributed by atoms with van der Waals surface area (Å²) in [4.78, 5) is 2.34. The van der Waals surface area contributed by atoms with Crippen molar-refractivity contribution in [2.24, 2.45) is 5.41 Å².